The van der Waals surface area contributed by atoms with Crippen LogP contribution in [0, 0.1) is 0 Å². The van der Waals surface area contributed by atoms with Crippen LogP contribution in [-0.2, 0) is 6.54 Å². The van der Waals surface area contributed by atoms with E-state index in [1.165, 1.54) is 18.4 Å². The minimum atomic E-state index is 0.243. The number of piperidine rings is 1. The molecule has 1 aliphatic heterocycles. The van der Waals surface area contributed by atoms with Gasteiger partial charge in [0, 0.05) is 36.5 Å². The Kier molecular flexibility index (Phi) is 6.27. The second kappa shape index (κ2) is 9.25. The highest BCUT2D eigenvalue weighted by Gasteiger charge is 2.24. The zero-order chi connectivity index (χ0) is 20.1. The third-order valence-corrected chi connectivity index (χ3v) is 5.74. The lowest BCUT2D eigenvalue weighted by atomic mass is 9.98. The van der Waals surface area contributed by atoms with Crippen LogP contribution in [-0.4, -0.2) is 46.1 Å². The minimum absolute atomic E-state index is 0.243. The highest BCUT2D eigenvalue weighted by molar-refractivity contribution is 5.65. The van der Waals surface area contributed by atoms with Crippen molar-refractivity contribution in [2.24, 2.45) is 0 Å². The molecule has 5 nitrogen and oxygen atoms in total. The number of methoxy groups -OCH3 is 1. The highest BCUT2D eigenvalue weighted by atomic mass is 16.5. The topological polar surface area (TPSA) is 50.5 Å². The Labute approximate surface area is 172 Å². The summed E-state index contributed by atoms with van der Waals surface area (Å²) in [7, 11) is 1.69. The molecular formula is C24H29N3O2. The summed E-state index contributed by atoms with van der Waals surface area (Å²) in [6.45, 7) is 2.15. The molecule has 1 aromatic heterocycles. The van der Waals surface area contributed by atoms with Gasteiger partial charge in [0.1, 0.15) is 5.75 Å². The summed E-state index contributed by atoms with van der Waals surface area (Å²) in [6.07, 6.45) is 6.59. The van der Waals surface area contributed by atoms with Crippen LogP contribution in [0.25, 0.3) is 16.9 Å². The summed E-state index contributed by atoms with van der Waals surface area (Å²) >= 11 is 0. The molecule has 5 heteroatoms. The van der Waals surface area contributed by atoms with Gasteiger partial charge in [0.25, 0.3) is 0 Å². The predicted octanol–water partition coefficient (Wildman–Crippen LogP) is 4.28. The molecule has 1 saturated heterocycles. The molecule has 0 aliphatic carbocycles. The van der Waals surface area contributed by atoms with E-state index in [9.17, 15) is 5.11 Å². The van der Waals surface area contributed by atoms with Gasteiger partial charge in [0.05, 0.1) is 18.5 Å². The van der Waals surface area contributed by atoms with E-state index < -0.39 is 0 Å². The number of rotatable bonds is 7. The van der Waals surface area contributed by atoms with Crippen molar-refractivity contribution in [3.63, 3.8) is 0 Å². The van der Waals surface area contributed by atoms with Crippen molar-refractivity contribution >= 4 is 0 Å². The highest BCUT2D eigenvalue weighted by Crippen LogP contribution is 2.30. The van der Waals surface area contributed by atoms with Crippen LogP contribution < -0.4 is 4.74 Å². The normalized spacial score (nSPS) is 17.4. The van der Waals surface area contributed by atoms with Gasteiger partial charge in [-0.05, 0) is 50.1 Å². The van der Waals surface area contributed by atoms with Gasteiger partial charge >= 0.3 is 0 Å². The smallest absolute Gasteiger partial charge is 0.119 e. The first-order valence-corrected chi connectivity index (χ1v) is 10.4. The van der Waals surface area contributed by atoms with E-state index in [0.29, 0.717) is 6.04 Å². The average Bonchev–Trinajstić information content (AvgIpc) is 3.20. The van der Waals surface area contributed by atoms with Crippen molar-refractivity contribution in [2.75, 3.05) is 20.3 Å². The zero-order valence-corrected chi connectivity index (χ0v) is 17.0. The largest absolute Gasteiger partial charge is 0.497 e. The molecule has 1 N–H and O–H groups in total. The van der Waals surface area contributed by atoms with Crippen molar-refractivity contribution in [1.82, 2.24) is 14.7 Å². The molecule has 1 aliphatic rings. The average molecular weight is 392 g/mol. The Hall–Kier alpha value is -2.63. The van der Waals surface area contributed by atoms with Gasteiger partial charge in [-0.1, -0.05) is 36.8 Å². The van der Waals surface area contributed by atoms with Gasteiger partial charge in [0.15, 0.2) is 0 Å². The van der Waals surface area contributed by atoms with Crippen LogP contribution in [0.15, 0.2) is 60.8 Å². The maximum atomic E-state index is 9.49. The van der Waals surface area contributed by atoms with E-state index in [0.717, 1.165) is 48.6 Å². The molecule has 0 unspecified atom stereocenters. The summed E-state index contributed by atoms with van der Waals surface area (Å²) < 4.78 is 7.40. The van der Waals surface area contributed by atoms with E-state index in [-0.39, 0.29) is 6.61 Å². The monoisotopic (exact) mass is 391 g/mol. The number of para-hydroxylation sites is 1. The minimum Gasteiger partial charge on any atom is -0.497 e. The lowest BCUT2D eigenvalue weighted by molar-refractivity contribution is 0.112. The van der Waals surface area contributed by atoms with Gasteiger partial charge in [-0.3, -0.25) is 4.90 Å². The summed E-state index contributed by atoms with van der Waals surface area (Å²) in [6, 6.07) is 18.8. The molecule has 0 amide bonds. The Balaban J connectivity index is 1.71. The Bertz CT molecular complexity index is 921. The lowest BCUT2D eigenvalue weighted by Crippen LogP contribution is -2.39. The van der Waals surface area contributed by atoms with E-state index in [1.54, 1.807) is 7.11 Å². The molecule has 152 valence electrons. The molecule has 0 spiro atoms. The van der Waals surface area contributed by atoms with E-state index >= 15 is 0 Å². The summed E-state index contributed by atoms with van der Waals surface area (Å²) in [4.78, 5) is 2.51. The van der Waals surface area contributed by atoms with Crippen LogP contribution >= 0.6 is 0 Å². The molecule has 2 heterocycles. The number of aliphatic hydroxyl groups excluding tert-OH is 1. The van der Waals surface area contributed by atoms with E-state index in [4.69, 9.17) is 9.84 Å². The number of likely N-dealkylation sites (tertiary alicyclic amines) is 1. The summed E-state index contributed by atoms with van der Waals surface area (Å²) in [5.41, 5.74) is 4.30. The molecule has 0 saturated carbocycles. The number of benzene rings is 2. The fourth-order valence-corrected chi connectivity index (χ4v) is 4.21. The Morgan fingerprint density at radius 1 is 1.10 bits per heavy atom. The van der Waals surface area contributed by atoms with Crippen molar-refractivity contribution in [1.29, 1.82) is 0 Å². The standard InChI is InChI=1S/C24H29N3O2/c1-29-23-12-7-8-19(16-23)24-20(17-26-14-6-5-9-21(26)13-15-28)18-27(25-24)22-10-3-2-4-11-22/h2-4,7-8,10-12,16,18,21,28H,5-6,9,13-15,17H2,1H3/t21-/m1/s1. The van der Waals surface area contributed by atoms with Crippen molar-refractivity contribution in [3.8, 4) is 22.7 Å². The van der Waals surface area contributed by atoms with Crippen molar-refractivity contribution < 1.29 is 9.84 Å². The number of nitrogens with zero attached hydrogens (tertiary/aromatic N) is 3. The number of aliphatic hydroxyl groups is 1. The Morgan fingerprint density at radius 2 is 1.97 bits per heavy atom. The van der Waals surface area contributed by atoms with Gasteiger partial charge in [0.2, 0.25) is 0 Å². The van der Waals surface area contributed by atoms with Crippen LogP contribution in [0.3, 0.4) is 0 Å². The predicted molar refractivity (Wildman–Crippen MR) is 115 cm³/mol. The van der Waals surface area contributed by atoms with Gasteiger partial charge in [-0.2, -0.15) is 5.10 Å². The lowest BCUT2D eigenvalue weighted by Gasteiger charge is -2.35. The molecular weight excluding hydrogens is 362 g/mol. The number of hydrogen-bond acceptors (Lipinski definition) is 4. The molecule has 1 fully saturated rings. The van der Waals surface area contributed by atoms with E-state index in [2.05, 4.69) is 29.3 Å². The maximum Gasteiger partial charge on any atom is 0.119 e. The van der Waals surface area contributed by atoms with Crippen LogP contribution in [0.2, 0.25) is 0 Å². The third kappa shape index (κ3) is 4.52. The first kappa shape index (κ1) is 19.7. The number of ether oxygens (including phenoxy) is 1. The van der Waals surface area contributed by atoms with Crippen LogP contribution in [0.5, 0.6) is 5.75 Å². The second-order valence-corrected chi connectivity index (χ2v) is 7.65. The molecule has 1 atom stereocenters. The molecule has 29 heavy (non-hydrogen) atoms. The molecule has 0 radical (unpaired) electrons. The van der Waals surface area contributed by atoms with Crippen molar-refractivity contribution in [2.45, 2.75) is 38.3 Å². The molecule has 0 bridgehead atoms. The fraction of sp³-hybridized carbons (Fsp3) is 0.375. The zero-order valence-electron chi connectivity index (χ0n) is 17.0. The molecule has 2 aromatic carbocycles. The van der Waals surface area contributed by atoms with Crippen LogP contribution in [0.1, 0.15) is 31.2 Å². The molecule has 4 rings (SSSR count). The van der Waals surface area contributed by atoms with Crippen LogP contribution in [0.4, 0.5) is 0 Å². The third-order valence-electron chi connectivity index (χ3n) is 5.74. The Morgan fingerprint density at radius 3 is 2.76 bits per heavy atom. The quantitative estimate of drug-likeness (QED) is 0.653. The van der Waals surface area contributed by atoms with Gasteiger partial charge in [-0.15, -0.1) is 0 Å². The van der Waals surface area contributed by atoms with Gasteiger partial charge < -0.3 is 9.84 Å². The maximum absolute atomic E-state index is 9.49. The number of aromatic nitrogens is 2. The van der Waals surface area contributed by atoms with Gasteiger partial charge in [-0.25, -0.2) is 4.68 Å². The SMILES string of the molecule is COc1cccc(-c2nn(-c3ccccc3)cc2CN2CCCC[C@@H]2CCO)c1. The second-order valence-electron chi connectivity index (χ2n) is 7.65. The summed E-state index contributed by atoms with van der Waals surface area (Å²) in [5, 5.41) is 14.4. The van der Waals surface area contributed by atoms with E-state index in [1.807, 2.05) is 41.1 Å². The fourth-order valence-electron chi connectivity index (χ4n) is 4.21. The molecule has 3 aromatic rings. The number of hydrogen-bond donors (Lipinski definition) is 1. The van der Waals surface area contributed by atoms with Crippen molar-refractivity contribution in [3.05, 3.63) is 66.4 Å². The summed E-state index contributed by atoms with van der Waals surface area (Å²) in [5.74, 6) is 0.832. The first-order valence-electron chi connectivity index (χ1n) is 10.4. The first-order chi connectivity index (χ1) is 14.3.